The normalized spacial score (nSPS) is 11.0. The first kappa shape index (κ1) is 18.5. The summed E-state index contributed by atoms with van der Waals surface area (Å²) < 4.78 is 25.6. The summed E-state index contributed by atoms with van der Waals surface area (Å²) in [6.07, 6.45) is 1.73. The third-order valence-corrected chi connectivity index (χ3v) is 4.94. The predicted octanol–water partition coefficient (Wildman–Crippen LogP) is 4.41. The largest absolute Gasteiger partial charge is 0.497 e. The molecular weight excluding hydrogens is 405 g/mol. The van der Waals surface area contributed by atoms with Gasteiger partial charge in [-0.25, -0.2) is 9.07 Å². The van der Waals surface area contributed by atoms with Crippen LogP contribution in [-0.2, 0) is 5.75 Å². The van der Waals surface area contributed by atoms with Crippen LogP contribution in [-0.4, -0.2) is 32.3 Å². The van der Waals surface area contributed by atoms with E-state index in [1.165, 1.54) is 28.6 Å². The van der Waals surface area contributed by atoms with Crippen molar-refractivity contribution in [3.63, 3.8) is 0 Å². The van der Waals surface area contributed by atoms with Crippen LogP contribution >= 0.6 is 23.4 Å². The van der Waals surface area contributed by atoms with E-state index < -0.39 is 5.82 Å². The van der Waals surface area contributed by atoms with E-state index in [1.54, 1.807) is 19.4 Å². The molecule has 0 N–H and O–H groups in total. The molecule has 2 heterocycles. The molecule has 0 atom stereocenters. The maximum absolute atomic E-state index is 13.3. The van der Waals surface area contributed by atoms with Crippen LogP contribution in [0.25, 0.3) is 17.1 Å². The first-order valence-corrected chi connectivity index (χ1v) is 9.46. The molecule has 0 spiro atoms. The zero-order chi connectivity index (χ0) is 19.5. The maximum Gasteiger partial charge on any atom is 0.277 e. The van der Waals surface area contributed by atoms with Crippen molar-refractivity contribution in [1.82, 2.24) is 25.2 Å². The van der Waals surface area contributed by atoms with Gasteiger partial charge in [0.2, 0.25) is 5.89 Å². The predicted molar refractivity (Wildman–Crippen MR) is 102 cm³/mol. The molecule has 2 aromatic heterocycles. The fourth-order valence-corrected chi connectivity index (χ4v) is 3.19. The zero-order valence-electron chi connectivity index (χ0n) is 14.5. The number of hydrogen-bond acceptors (Lipinski definition) is 7. The molecule has 4 rings (SSSR count). The highest BCUT2D eigenvalue weighted by molar-refractivity contribution is 7.98. The standard InChI is InChI=1S/C18H13ClFN5O2S/c1-26-14-5-2-11(3-6-14)17-22-23-18(27-17)28-10-12-9-25(24-21-12)13-4-7-16(20)15(19)8-13/h2-9H,10H2,1H3. The van der Waals surface area contributed by atoms with Crippen LogP contribution in [0.3, 0.4) is 0 Å². The lowest BCUT2D eigenvalue weighted by Gasteiger charge is -2.00. The second-order valence-corrected chi connectivity index (χ2v) is 6.98. The van der Waals surface area contributed by atoms with Gasteiger partial charge < -0.3 is 9.15 Å². The summed E-state index contributed by atoms with van der Waals surface area (Å²) >= 11 is 7.15. The average Bonchev–Trinajstić information content (AvgIpc) is 3.38. The first-order valence-electron chi connectivity index (χ1n) is 8.10. The number of nitrogens with zero attached hydrogens (tertiary/aromatic N) is 5. The number of halogens is 2. The number of methoxy groups -OCH3 is 1. The number of hydrogen-bond donors (Lipinski definition) is 0. The van der Waals surface area contributed by atoms with Gasteiger partial charge in [-0.05, 0) is 42.5 Å². The molecule has 0 aliphatic heterocycles. The summed E-state index contributed by atoms with van der Waals surface area (Å²) in [4.78, 5) is 0. The Balaban J connectivity index is 1.42. The van der Waals surface area contributed by atoms with Crippen molar-refractivity contribution in [2.75, 3.05) is 7.11 Å². The molecule has 142 valence electrons. The molecule has 28 heavy (non-hydrogen) atoms. The minimum atomic E-state index is -0.481. The molecule has 2 aromatic carbocycles. The molecule has 10 heteroatoms. The fraction of sp³-hybridized carbons (Fsp3) is 0.111. The van der Waals surface area contributed by atoms with Gasteiger partial charge in [0.1, 0.15) is 11.6 Å². The molecule has 0 aliphatic carbocycles. The maximum atomic E-state index is 13.3. The molecule has 0 saturated heterocycles. The highest BCUT2D eigenvalue weighted by atomic mass is 35.5. The lowest BCUT2D eigenvalue weighted by Crippen LogP contribution is -1.95. The lowest BCUT2D eigenvalue weighted by molar-refractivity contribution is 0.414. The van der Waals surface area contributed by atoms with Gasteiger partial charge in [0.05, 0.1) is 29.7 Å². The van der Waals surface area contributed by atoms with Crippen molar-refractivity contribution in [1.29, 1.82) is 0 Å². The SMILES string of the molecule is COc1ccc(-c2nnc(SCc3cn(-c4ccc(F)c(Cl)c4)nn3)o2)cc1. The molecule has 4 aromatic rings. The molecular formula is C18H13ClFN5O2S. The van der Waals surface area contributed by atoms with E-state index >= 15 is 0 Å². The van der Waals surface area contributed by atoms with E-state index in [2.05, 4.69) is 20.5 Å². The Labute approximate surface area is 168 Å². The van der Waals surface area contributed by atoms with Crippen LogP contribution in [0.4, 0.5) is 4.39 Å². The Morgan fingerprint density at radius 2 is 1.96 bits per heavy atom. The topological polar surface area (TPSA) is 78.9 Å². The van der Waals surface area contributed by atoms with Gasteiger partial charge in [0, 0.05) is 11.3 Å². The Bertz CT molecular complexity index is 1100. The minimum Gasteiger partial charge on any atom is -0.497 e. The summed E-state index contributed by atoms with van der Waals surface area (Å²) in [6, 6.07) is 11.7. The summed E-state index contributed by atoms with van der Waals surface area (Å²) in [6.45, 7) is 0. The van der Waals surface area contributed by atoms with Gasteiger partial charge in [0.25, 0.3) is 5.22 Å². The average molecular weight is 418 g/mol. The van der Waals surface area contributed by atoms with E-state index in [1.807, 2.05) is 24.3 Å². The Kier molecular flexibility index (Phi) is 5.27. The van der Waals surface area contributed by atoms with Gasteiger partial charge >= 0.3 is 0 Å². The summed E-state index contributed by atoms with van der Waals surface area (Å²) in [5, 5.41) is 16.7. The van der Waals surface area contributed by atoms with E-state index in [9.17, 15) is 4.39 Å². The Hall–Kier alpha value is -2.91. The van der Waals surface area contributed by atoms with E-state index in [4.69, 9.17) is 20.8 Å². The second-order valence-electron chi connectivity index (χ2n) is 5.64. The first-order chi connectivity index (χ1) is 13.6. The van der Waals surface area contributed by atoms with Crippen LogP contribution < -0.4 is 4.74 Å². The monoisotopic (exact) mass is 417 g/mol. The van der Waals surface area contributed by atoms with Gasteiger partial charge in [-0.2, -0.15) is 0 Å². The van der Waals surface area contributed by atoms with Crippen LogP contribution in [0.5, 0.6) is 5.75 Å². The minimum absolute atomic E-state index is 0.0286. The highest BCUT2D eigenvalue weighted by Gasteiger charge is 2.11. The third-order valence-electron chi connectivity index (χ3n) is 3.80. The summed E-state index contributed by atoms with van der Waals surface area (Å²) in [5.74, 6) is 1.18. The van der Waals surface area contributed by atoms with Gasteiger partial charge in [0.15, 0.2) is 0 Å². The molecule has 0 radical (unpaired) electrons. The zero-order valence-corrected chi connectivity index (χ0v) is 16.1. The van der Waals surface area contributed by atoms with E-state index in [0.717, 1.165) is 11.3 Å². The van der Waals surface area contributed by atoms with Crippen molar-refractivity contribution in [3.05, 3.63) is 65.2 Å². The Morgan fingerprint density at radius 3 is 2.71 bits per heavy atom. The van der Waals surface area contributed by atoms with Crippen molar-refractivity contribution in [2.24, 2.45) is 0 Å². The van der Waals surface area contributed by atoms with Crippen molar-refractivity contribution >= 4 is 23.4 Å². The lowest BCUT2D eigenvalue weighted by atomic mass is 10.2. The van der Waals surface area contributed by atoms with Crippen molar-refractivity contribution in [3.8, 4) is 22.9 Å². The quantitative estimate of drug-likeness (QED) is 0.430. The van der Waals surface area contributed by atoms with Gasteiger partial charge in [-0.15, -0.1) is 15.3 Å². The molecule has 0 bridgehead atoms. The van der Waals surface area contributed by atoms with Crippen molar-refractivity contribution in [2.45, 2.75) is 11.0 Å². The van der Waals surface area contributed by atoms with Crippen LogP contribution in [0.15, 0.2) is 58.3 Å². The molecule has 7 nitrogen and oxygen atoms in total. The van der Waals surface area contributed by atoms with Gasteiger partial charge in [-0.3, -0.25) is 0 Å². The molecule has 0 saturated carbocycles. The summed E-state index contributed by atoms with van der Waals surface area (Å²) in [7, 11) is 1.61. The fourth-order valence-electron chi connectivity index (χ4n) is 2.37. The molecule has 0 fully saturated rings. The number of thioether (sulfide) groups is 1. The van der Waals surface area contributed by atoms with Crippen LogP contribution in [0.1, 0.15) is 5.69 Å². The number of benzene rings is 2. The van der Waals surface area contributed by atoms with Crippen LogP contribution in [0, 0.1) is 5.82 Å². The van der Waals surface area contributed by atoms with Crippen molar-refractivity contribution < 1.29 is 13.5 Å². The van der Waals surface area contributed by atoms with Gasteiger partial charge in [-0.1, -0.05) is 28.6 Å². The number of ether oxygens (including phenoxy) is 1. The number of aromatic nitrogens is 5. The number of rotatable bonds is 6. The van der Waals surface area contributed by atoms with Crippen LogP contribution in [0.2, 0.25) is 5.02 Å². The highest BCUT2D eigenvalue weighted by Crippen LogP contribution is 2.26. The molecule has 0 unspecified atom stereocenters. The van der Waals surface area contributed by atoms with E-state index in [0.29, 0.717) is 28.2 Å². The third kappa shape index (κ3) is 4.00. The smallest absolute Gasteiger partial charge is 0.277 e. The molecule has 0 amide bonds. The van der Waals surface area contributed by atoms with E-state index in [-0.39, 0.29) is 5.02 Å². The Morgan fingerprint density at radius 1 is 1.14 bits per heavy atom. The second kappa shape index (κ2) is 7.99. The molecule has 0 aliphatic rings. The summed E-state index contributed by atoms with van der Waals surface area (Å²) in [5.41, 5.74) is 2.13.